The molecule has 0 N–H and O–H groups in total. The Kier molecular flexibility index (Phi) is 9.08. The first-order chi connectivity index (χ1) is 11.9. The lowest BCUT2D eigenvalue weighted by atomic mass is 10.2. The minimum atomic E-state index is 0. The lowest BCUT2D eigenvalue weighted by Gasteiger charge is -2.31. The summed E-state index contributed by atoms with van der Waals surface area (Å²) >= 11 is 0. The smallest absolute Gasteiger partial charge is 0.253 e. The number of ether oxygens (including phenoxy) is 1. The van der Waals surface area contributed by atoms with Crippen molar-refractivity contribution < 1.29 is 38.0 Å². The van der Waals surface area contributed by atoms with Crippen molar-refractivity contribution >= 4 is 5.91 Å². The monoisotopic (exact) mass is 468 g/mol. The summed E-state index contributed by atoms with van der Waals surface area (Å²) in [4.78, 5) is 14.2. The first-order valence-corrected chi connectivity index (χ1v) is 8.69. The normalized spacial score (nSPS) is 10.8. The van der Waals surface area contributed by atoms with Gasteiger partial charge in [0.05, 0.1) is 27.2 Å². The zero-order valence-corrected chi connectivity index (χ0v) is 18.3. The van der Waals surface area contributed by atoms with Crippen LogP contribution in [-0.4, -0.2) is 62.7 Å². The molecule has 2 aromatic carbocycles. The Hall–Kier alpha value is -1.60. The summed E-state index contributed by atoms with van der Waals surface area (Å²) in [5, 5.41) is 0. The van der Waals surface area contributed by atoms with Crippen LogP contribution in [0.3, 0.4) is 0 Å². The van der Waals surface area contributed by atoms with Gasteiger partial charge in [-0.15, -0.1) is 0 Å². The number of carbonyl (C=O) groups excluding carboxylic acids is 1. The Balaban J connectivity index is 0.00000338. The number of hydrogen-bond donors (Lipinski definition) is 0. The number of benzene rings is 2. The van der Waals surface area contributed by atoms with Crippen LogP contribution in [0, 0.1) is 6.92 Å². The summed E-state index contributed by atoms with van der Waals surface area (Å²) < 4.78 is 6.65. The highest BCUT2D eigenvalue weighted by atomic mass is 127. The van der Waals surface area contributed by atoms with E-state index in [0.717, 1.165) is 28.9 Å². The first-order valence-electron chi connectivity index (χ1n) is 8.69. The molecule has 0 aliphatic heterocycles. The fraction of sp³-hybridized carbons (Fsp3) is 0.381. The fourth-order valence-corrected chi connectivity index (χ4v) is 2.55. The third kappa shape index (κ3) is 7.33. The Morgan fingerprint density at radius 2 is 1.73 bits per heavy atom. The lowest BCUT2D eigenvalue weighted by Crippen LogP contribution is -3.00. The summed E-state index contributed by atoms with van der Waals surface area (Å²) in [7, 11) is 6.19. The Bertz CT molecular complexity index is 689. The van der Waals surface area contributed by atoms with E-state index < -0.39 is 0 Å². The van der Waals surface area contributed by atoms with Gasteiger partial charge in [-0.25, -0.2) is 0 Å². The molecule has 0 aliphatic carbocycles. The van der Waals surface area contributed by atoms with E-state index in [1.807, 2.05) is 55.6 Å². The van der Waals surface area contributed by atoms with Crippen LogP contribution < -0.4 is 28.7 Å². The van der Waals surface area contributed by atoms with Crippen LogP contribution in [0.5, 0.6) is 5.75 Å². The van der Waals surface area contributed by atoms with Gasteiger partial charge >= 0.3 is 0 Å². The van der Waals surface area contributed by atoms with Crippen molar-refractivity contribution in [1.29, 1.82) is 0 Å². The number of hydrogen-bond acceptors (Lipinski definition) is 2. The topological polar surface area (TPSA) is 29.5 Å². The van der Waals surface area contributed by atoms with Crippen molar-refractivity contribution in [3.8, 4) is 5.75 Å². The molecule has 0 atom stereocenters. The Morgan fingerprint density at radius 3 is 2.38 bits per heavy atom. The van der Waals surface area contributed by atoms with Crippen molar-refractivity contribution in [2.75, 3.05) is 47.4 Å². The van der Waals surface area contributed by atoms with Crippen LogP contribution in [0.4, 0.5) is 0 Å². The Labute approximate surface area is 174 Å². The van der Waals surface area contributed by atoms with Crippen molar-refractivity contribution in [3.05, 3.63) is 65.7 Å². The van der Waals surface area contributed by atoms with Crippen LogP contribution in [0.25, 0.3) is 0 Å². The molecule has 142 valence electrons. The van der Waals surface area contributed by atoms with E-state index in [1.165, 1.54) is 5.56 Å². The molecule has 0 saturated carbocycles. The molecular weight excluding hydrogens is 439 g/mol. The lowest BCUT2D eigenvalue weighted by molar-refractivity contribution is -0.889. The molecule has 0 heterocycles. The highest BCUT2D eigenvalue weighted by Crippen LogP contribution is 2.12. The number of nitrogens with zero attached hydrogens (tertiary/aromatic N) is 2. The maximum atomic E-state index is 12.4. The minimum absolute atomic E-state index is 0. The number of aryl methyl sites for hydroxylation is 1. The molecule has 2 aromatic rings. The number of likely N-dealkylation sites (N-methyl/N-ethyl adjacent to an activating group) is 2. The zero-order chi connectivity index (χ0) is 18.3. The third-order valence-electron chi connectivity index (χ3n) is 4.36. The molecule has 0 unspecified atom stereocenters. The molecule has 0 radical (unpaired) electrons. The van der Waals surface area contributed by atoms with Gasteiger partial charge in [-0.05, 0) is 36.8 Å². The summed E-state index contributed by atoms with van der Waals surface area (Å²) in [5.74, 6) is 0.980. The van der Waals surface area contributed by atoms with E-state index >= 15 is 0 Å². The van der Waals surface area contributed by atoms with Crippen molar-refractivity contribution in [2.24, 2.45) is 0 Å². The highest BCUT2D eigenvalue weighted by molar-refractivity contribution is 5.93. The SMILES string of the molecule is Cc1cccc(OCC[N+](C)(C)CCN(C)C(=O)c2ccccc2)c1.[I-]. The average Bonchev–Trinajstić information content (AvgIpc) is 2.60. The van der Waals surface area contributed by atoms with Gasteiger partial charge < -0.3 is 38.1 Å². The van der Waals surface area contributed by atoms with E-state index in [1.54, 1.807) is 4.90 Å². The van der Waals surface area contributed by atoms with Gasteiger partial charge in [0.2, 0.25) is 0 Å². The maximum absolute atomic E-state index is 12.4. The molecule has 26 heavy (non-hydrogen) atoms. The minimum Gasteiger partial charge on any atom is -1.00 e. The van der Waals surface area contributed by atoms with Gasteiger partial charge in [0.15, 0.2) is 0 Å². The molecule has 0 bridgehead atoms. The number of amides is 1. The van der Waals surface area contributed by atoms with Crippen LogP contribution in [0.15, 0.2) is 54.6 Å². The predicted molar refractivity (Wildman–Crippen MR) is 102 cm³/mol. The third-order valence-corrected chi connectivity index (χ3v) is 4.36. The molecule has 0 saturated heterocycles. The molecule has 1 amide bonds. The van der Waals surface area contributed by atoms with Crippen LogP contribution >= 0.6 is 0 Å². The van der Waals surface area contributed by atoms with E-state index in [9.17, 15) is 4.79 Å². The molecule has 5 heteroatoms. The molecule has 0 fully saturated rings. The number of quaternary nitrogens is 1. The van der Waals surface area contributed by atoms with Crippen LogP contribution in [0.2, 0.25) is 0 Å². The zero-order valence-electron chi connectivity index (χ0n) is 16.1. The molecule has 2 rings (SSSR count). The molecule has 4 nitrogen and oxygen atoms in total. The summed E-state index contributed by atoms with van der Waals surface area (Å²) in [5.41, 5.74) is 1.94. The van der Waals surface area contributed by atoms with Gasteiger partial charge in [0, 0.05) is 12.6 Å². The van der Waals surface area contributed by atoms with Gasteiger partial charge in [-0.3, -0.25) is 4.79 Å². The second-order valence-electron chi connectivity index (χ2n) is 7.14. The van der Waals surface area contributed by atoms with Crippen LogP contribution in [0.1, 0.15) is 15.9 Å². The standard InChI is InChI=1S/C21H29N2O2.HI/c1-18-9-8-12-20(17-18)25-16-15-23(3,4)14-13-22(2)21(24)19-10-6-5-7-11-19;/h5-12,17H,13-16H2,1-4H3;1H/q+1;/p-1. The average molecular weight is 468 g/mol. The largest absolute Gasteiger partial charge is 1.00 e. The van der Waals surface area contributed by atoms with Crippen LogP contribution in [-0.2, 0) is 0 Å². The van der Waals surface area contributed by atoms with E-state index in [2.05, 4.69) is 27.1 Å². The van der Waals surface area contributed by atoms with Gasteiger partial charge in [-0.1, -0.05) is 30.3 Å². The van der Waals surface area contributed by atoms with E-state index in [4.69, 9.17) is 4.74 Å². The number of halogens is 1. The highest BCUT2D eigenvalue weighted by Gasteiger charge is 2.18. The first kappa shape index (κ1) is 22.4. The summed E-state index contributed by atoms with van der Waals surface area (Å²) in [6, 6.07) is 17.5. The van der Waals surface area contributed by atoms with Gasteiger partial charge in [0.25, 0.3) is 5.91 Å². The second-order valence-corrected chi connectivity index (χ2v) is 7.14. The van der Waals surface area contributed by atoms with Gasteiger partial charge in [-0.2, -0.15) is 0 Å². The fourth-order valence-electron chi connectivity index (χ4n) is 2.55. The predicted octanol–water partition coefficient (Wildman–Crippen LogP) is 0.226. The molecule has 0 spiro atoms. The van der Waals surface area contributed by atoms with Gasteiger partial charge in [0.1, 0.15) is 18.9 Å². The van der Waals surface area contributed by atoms with Crippen molar-refractivity contribution in [3.63, 3.8) is 0 Å². The van der Waals surface area contributed by atoms with E-state index in [0.29, 0.717) is 13.2 Å². The quantitative estimate of drug-likeness (QED) is 0.410. The van der Waals surface area contributed by atoms with Crippen molar-refractivity contribution in [1.82, 2.24) is 4.90 Å². The number of carbonyl (C=O) groups is 1. The number of rotatable bonds is 8. The molecule has 0 aliphatic rings. The molecule has 0 aromatic heterocycles. The Morgan fingerprint density at radius 1 is 1.04 bits per heavy atom. The van der Waals surface area contributed by atoms with Crippen molar-refractivity contribution in [2.45, 2.75) is 6.92 Å². The molecular formula is C21H29IN2O2. The van der Waals surface area contributed by atoms with E-state index in [-0.39, 0.29) is 29.9 Å². The second kappa shape index (κ2) is 10.5. The summed E-state index contributed by atoms with van der Waals surface area (Å²) in [6.07, 6.45) is 0. The maximum Gasteiger partial charge on any atom is 0.253 e. The summed E-state index contributed by atoms with van der Waals surface area (Å²) in [6.45, 7) is 5.21.